The minimum absolute atomic E-state index is 0.0148. The molecule has 0 spiro atoms. The smallest absolute Gasteiger partial charge is 0.162 e. The van der Waals surface area contributed by atoms with Gasteiger partial charge in [-0.05, 0) is 13.8 Å². The molecule has 2 unspecified atom stereocenters. The van der Waals surface area contributed by atoms with Crippen molar-refractivity contribution in [3.05, 3.63) is 11.8 Å². The second kappa shape index (κ2) is 5.15. The van der Waals surface area contributed by atoms with Crippen LogP contribution in [0.25, 0.3) is 0 Å². The third kappa shape index (κ3) is 3.14. The Kier molecular flexibility index (Phi) is 4.14. The Morgan fingerprint density at radius 1 is 1.71 bits per heavy atom. The minimum Gasteiger partial charge on any atom is -0.494 e. The maximum Gasteiger partial charge on any atom is 0.162 e. The molecule has 1 rings (SSSR count). The van der Waals surface area contributed by atoms with E-state index in [4.69, 9.17) is 9.47 Å². The van der Waals surface area contributed by atoms with E-state index in [1.54, 1.807) is 6.08 Å². The molecule has 80 valence electrons. The van der Waals surface area contributed by atoms with E-state index in [1.807, 2.05) is 20.8 Å². The lowest BCUT2D eigenvalue weighted by Gasteiger charge is -2.27. The van der Waals surface area contributed by atoms with Crippen molar-refractivity contribution < 1.29 is 14.3 Å². The van der Waals surface area contributed by atoms with Crippen molar-refractivity contribution in [2.75, 3.05) is 13.2 Å². The molecule has 0 N–H and O–H groups in total. The average molecular weight is 198 g/mol. The van der Waals surface area contributed by atoms with Crippen LogP contribution in [0, 0.1) is 5.92 Å². The van der Waals surface area contributed by atoms with Crippen LogP contribution in [0.15, 0.2) is 11.8 Å². The summed E-state index contributed by atoms with van der Waals surface area (Å²) in [6, 6.07) is 0. The highest BCUT2D eigenvalue weighted by Gasteiger charge is 2.25. The number of rotatable bonds is 4. The molecule has 0 saturated heterocycles. The highest BCUT2D eigenvalue weighted by molar-refractivity contribution is 5.91. The van der Waals surface area contributed by atoms with Gasteiger partial charge in [-0.1, -0.05) is 6.92 Å². The van der Waals surface area contributed by atoms with Crippen molar-refractivity contribution in [3.63, 3.8) is 0 Å². The third-order valence-corrected chi connectivity index (χ3v) is 2.32. The molecule has 3 heteroatoms. The molecule has 14 heavy (non-hydrogen) atoms. The maximum atomic E-state index is 11.3. The van der Waals surface area contributed by atoms with Gasteiger partial charge < -0.3 is 9.47 Å². The van der Waals surface area contributed by atoms with Crippen LogP contribution >= 0.6 is 0 Å². The van der Waals surface area contributed by atoms with Gasteiger partial charge in [0.25, 0.3) is 0 Å². The molecule has 0 fully saturated rings. The lowest BCUT2D eigenvalue weighted by molar-refractivity contribution is -0.120. The Labute approximate surface area is 85.1 Å². The fraction of sp³-hybridized carbons (Fsp3) is 0.727. The molecule has 0 amide bonds. The van der Waals surface area contributed by atoms with Crippen LogP contribution in [-0.2, 0) is 14.3 Å². The molecular formula is C11H18O3. The van der Waals surface area contributed by atoms with E-state index < -0.39 is 0 Å². The molecule has 2 atom stereocenters. The molecule has 0 aromatic heterocycles. The van der Waals surface area contributed by atoms with E-state index in [2.05, 4.69) is 0 Å². The summed E-state index contributed by atoms with van der Waals surface area (Å²) in [5.41, 5.74) is 0. The summed E-state index contributed by atoms with van der Waals surface area (Å²) < 4.78 is 10.9. The van der Waals surface area contributed by atoms with Crippen LogP contribution in [-0.4, -0.2) is 25.1 Å². The number of carbonyl (C=O) groups excluding carboxylic acids is 1. The standard InChI is InChI=1S/C11H18O3/c1-4-13-7-8(2)11-6-10(12)5-9(3)14-11/h5,8,11H,4,6-7H2,1-3H3. The predicted molar refractivity (Wildman–Crippen MR) is 53.9 cm³/mol. The van der Waals surface area contributed by atoms with E-state index in [1.165, 1.54) is 0 Å². The second-order valence-corrected chi connectivity index (χ2v) is 3.72. The highest BCUT2D eigenvalue weighted by atomic mass is 16.5. The van der Waals surface area contributed by atoms with Crippen molar-refractivity contribution >= 4 is 5.78 Å². The Morgan fingerprint density at radius 2 is 2.43 bits per heavy atom. The number of ketones is 1. The van der Waals surface area contributed by atoms with Gasteiger partial charge in [-0.3, -0.25) is 4.79 Å². The fourth-order valence-corrected chi connectivity index (χ4v) is 1.53. The van der Waals surface area contributed by atoms with Gasteiger partial charge in [-0.15, -0.1) is 0 Å². The monoisotopic (exact) mass is 198 g/mol. The summed E-state index contributed by atoms with van der Waals surface area (Å²) in [7, 11) is 0. The predicted octanol–water partition coefficient (Wildman–Crippen LogP) is 1.92. The minimum atomic E-state index is -0.0148. The summed E-state index contributed by atoms with van der Waals surface area (Å²) in [6.07, 6.45) is 2.02. The zero-order valence-corrected chi connectivity index (χ0v) is 9.08. The molecule has 1 aliphatic rings. The molecule has 0 aromatic carbocycles. The Bertz CT molecular complexity index is 233. The SMILES string of the molecule is CCOCC(C)C1CC(=O)C=C(C)O1. The molecule has 0 bridgehead atoms. The zero-order valence-electron chi connectivity index (χ0n) is 9.08. The number of hydrogen-bond acceptors (Lipinski definition) is 3. The Morgan fingerprint density at radius 3 is 3.00 bits per heavy atom. The fourth-order valence-electron chi connectivity index (χ4n) is 1.53. The topological polar surface area (TPSA) is 35.5 Å². The van der Waals surface area contributed by atoms with Crippen molar-refractivity contribution in [1.29, 1.82) is 0 Å². The molecule has 1 aliphatic heterocycles. The van der Waals surface area contributed by atoms with Crippen LogP contribution in [0.5, 0.6) is 0 Å². The molecule has 0 saturated carbocycles. The number of carbonyl (C=O) groups is 1. The van der Waals surface area contributed by atoms with Gasteiger partial charge in [0, 0.05) is 25.0 Å². The summed E-state index contributed by atoms with van der Waals surface area (Å²) in [5.74, 6) is 1.14. The van der Waals surface area contributed by atoms with Gasteiger partial charge >= 0.3 is 0 Å². The van der Waals surface area contributed by atoms with Gasteiger partial charge in [-0.2, -0.15) is 0 Å². The van der Waals surface area contributed by atoms with Crippen LogP contribution in [0.3, 0.4) is 0 Å². The highest BCUT2D eigenvalue weighted by Crippen LogP contribution is 2.20. The first kappa shape index (κ1) is 11.2. The number of hydrogen-bond donors (Lipinski definition) is 0. The first-order valence-electron chi connectivity index (χ1n) is 5.09. The zero-order chi connectivity index (χ0) is 10.6. The van der Waals surface area contributed by atoms with E-state index in [0.717, 1.165) is 5.76 Å². The molecule has 0 aliphatic carbocycles. The molecular weight excluding hydrogens is 180 g/mol. The van der Waals surface area contributed by atoms with Gasteiger partial charge in [0.2, 0.25) is 0 Å². The first-order chi connectivity index (χ1) is 6.63. The van der Waals surface area contributed by atoms with Gasteiger partial charge in [0.1, 0.15) is 6.10 Å². The van der Waals surface area contributed by atoms with Gasteiger partial charge in [0.05, 0.1) is 12.4 Å². The average Bonchev–Trinajstić information content (AvgIpc) is 2.12. The van der Waals surface area contributed by atoms with E-state index in [-0.39, 0.29) is 17.8 Å². The number of allylic oxidation sites excluding steroid dienone is 2. The van der Waals surface area contributed by atoms with E-state index in [9.17, 15) is 4.79 Å². The quantitative estimate of drug-likeness (QED) is 0.692. The second-order valence-electron chi connectivity index (χ2n) is 3.72. The third-order valence-electron chi connectivity index (χ3n) is 2.32. The van der Waals surface area contributed by atoms with E-state index >= 15 is 0 Å². The Hall–Kier alpha value is -0.830. The van der Waals surface area contributed by atoms with Crippen LogP contribution < -0.4 is 0 Å². The van der Waals surface area contributed by atoms with Crippen molar-refractivity contribution in [2.24, 2.45) is 5.92 Å². The van der Waals surface area contributed by atoms with E-state index in [0.29, 0.717) is 19.6 Å². The van der Waals surface area contributed by atoms with Gasteiger partial charge in [-0.25, -0.2) is 0 Å². The first-order valence-corrected chi connectivity index (χ1v) is 5.09. The Balaban J connectivity index is 2.45. The summed E-state index contributed by atoms with van der Waals surface area (Å²) in [6.45, 7) is 7.19. The van der Waals surface area contributed by atoms with Crippen LogP contribution in [0.2, 0.25) is 0 Å². The molecule has 0 radical (unpaired) electrons. The van der Waals surface area contributed by atoms with Gasteiger partial charge in [0.15, 0.2) is 5.78 Å². The summed E-state index contributed by atoms with van der Waals surface area (Å²) in [4.78, 5) is 11.3. The van der Waals surface area contributed by atoms with Crippen LogP contribution in [0.1, 0.15) is 27.2 Å². The molecule has 0 aromatic rings. The molecule has 1 heterocycles. The summed E-state index contributed by atoms with van der Waals surface area (Å²) >= 11 is 0. The van der Waals surface area contributed by atoms with Crippen LogP contribution in [0.4, 0.5) is 0 Å². The lowest BCUT2D eigenvalue weighted by atomic mass is 9.98. The van der Waals surface area contributed by atoms with Crippen molar-refractivity contribution in [2.45, 2.75) is 33.3 Å². The lowest BCUT2D eigenvalue weighted by Crippen LogP contribution is -2.30. The number of ether oxygens (including phenoxy) is 2. The van der Waals surface area contributed by atoms with Crippen molar-refractivity contribution in [1.82, 2.24) is 0 Å². The van der Waals surface area contributed by atoms with Crippen molar-refractivity contribution in [3.8, 4) is 0 Å². The maximum absolute atomic E-state index is 11.3. The summed E-state index contributed by atoms with van der Waals surface area (Å²) in [5, 5.41) is 0. The largest absolute Gasteiger partial charge is 0.494 e. The molecule has 3 nitrogen and oxygen atoms in total. The normalized spacial score (nSPS) is 24.1.